The molecule has 1 saturated heterocycles. The Kier molecular flexibility index (Phi) is 6.82. The van der Waals surface area contributed by atoms with Crippen LogP contribution in [0.5, 0.6) is 0 Å². The molecule has 0 aliphatic carbocycles. The Labute approximate surface area is 145 Å². The van der Waals surface area contributed by atoms with Crippen molar-refractivity contribution in [3.63, 3.8) is 0 Å². The molecular formula is C13H19BrClN3O3S. The summed E-state index contributed by atoms with van der Waals surface area (Å²) in [7, 11) is -1.94. The molecule has 0 spiro atoms. The molecule has 9 heteroatoms. The summed E-state index contributed by atoms with van der Waals surface area (Å²) < 4.78 is 27.1. The third-order valence-electron chi connectivity index (χ3n) is 3.48. The van der Waals surface area contributed by atoms with Crippen molar-refractivity contribution >= 4 is 50.0 Å². The largest absolute Gasteiger partial charge is 0.325 e. The van der Waals surface area contributed by atoms with Crippen LogP contribution in [0.25, 0.3) is 0 Å². The third kappa shape index (κ3) is 4.20. The quantitative estimate of drug-likeness (QED) is 0.790. The van der Waals surface area contributed by atoms with Crippen LogP contribution >= 0.6 is 28.3 Å². The molecular weight excluding hydrogens is 394 g/mol. The van der Waals surface area contributed by atoms with E-state index in [4.69, 9.17) is 0 Å². The molecule has 0 radical (unpaired) electrons. The molecule has 1 amide bonds. The highest BCUT2D eigenvalue weighted by Crippen LogP contribution is 2.28. The number of rotatable bonds is 4. The maximum atomic E-state index is 12.6. The molecule has 124 valence electrons. The van der Waals surface area contributed by atoms with Crippen molar-refractivity contribution in [2.45, 2.75) is 24.3 Å². The summed E-state index contributed by atoms with van der Waals surface area (Å²) in [4.78, 5) is 11.3. The lowest BCUT2D eigenvalue weighted by molar-refractivity contribution is -0.114. The van der Waals surface area contributed by atoms with Gasteiger partial charge in [-0.15, -0.1) is 12.4 Å². The minimum atomic E-state index is -3.54. The van der Waals surface area contributed by atoms with Crippen molar-refractivity contribution < 1.29 is 13.2 Å². The maximum Gasteiger partial charge on any atom is 0.243 e. The van der Waals surface area contributed by atoms with E-state index in [-0.39, 0.29) is 29.3 Å². The van der Waals surface area contributed by atoms with Gasteiger partial charge in [0.15, 0.2) is 0 Å². The normalized spacial score (nSPS) is 18.1. The second-order valence-electron chi connectivity index (χ2n) is 4.99. The second-order valence-corrected chi connectivity index (χ2v) is 7.84. The number of halogens is 2. The molecule has 1 heterocycles. The number of anilines is 1. The molecule has 1 aromatic rings. The van der Waals surface area contributed by atoms with Gasteiger partial charge >= 0.3 is 0 Å². The zero-order chi connectivity index (χ0) is 15.6. The molecule has 1 aromatic carbocycles. The Morgan fingerprint density at radius 1 is 1.45 bits per heavy atom. The van der Waals surface area contributed by atoms with Crippen molar-refractivity contribution in [3.8, 4) is 0 Å². The molecule has 1 fully saturated rings. The third-order valence-corrected chi connectivity index (χ3v) is 6.04. The van der Waals surface area contributed by atoms with Crippen molar-refractivity contribution in [2.75, 3.05) is 25.5 Å². The SMILES string of the molecule is CC(=O)Nc1ccc(S(=O)(=O)N(C)C2CCNC2)cc1Br.Cl. The molecule has 1 aliphatic rings. The minimum absolute atomic E-state index is 0. The number of hydrogen-bond donors (Lipinski definition) is 2. The highest BCUT2D eigenvalue weighted by Gasteiger charge is 2.30. The highest BCUT2D eigenvalue weighted by atomic mass is 79.9. The Hall–Kier alpha value is -0.670. The van der Waals surface area contributed by atoms with Crippen molar-refractivity contribution in [1.29, 1.82) is 0 Å². The van der Waals surface area contributed by atoms with Crippen LogP contribution in [0.4, 0.5) is 5.69 Å². The van der Waals surface area contributed by atoms with E-state index in [0.29, 0.717) is 16.7 Å². The van der Waals surface area contributed by atoms with E-state index in [2.05, 4.69) is 26.6 Å². The first-order valence-corrected chi connectivity index (χ1v) is 8.81. The number of carbonyl (C=O) groups excluding carboxylic acids is 1. The summed E-state index contributed by atoms with van der Waals surface area (Å²) in [6.45, 7) is 2.90. The summed E-state index contributed by atoms with van der Waals surface area (Å²) in [5.74, 6) is -0.208. The highest BCUT2D eigenvalue weighted by molar-refractivity contribution is 9.10. The lowest BCUT2D eigenvalue weighted by Crippen LogP contribution is -2.38. The van der Waals surface area contributed by atoms with Crippen LogP contribution in [-0.2, 0) is 14.8 Å². The van der Waals surface area contributed by atoms with Crippen LogP contribution < -0.4 is 10.6 Å². The Morgan fingerprint density at radius 3 is 2.64 bits per heavy atom. The van der Waals surface area contributed by atoms with Crippen LogP contribution in [0.3, 0.4) is 0 Å². The summed E-state index contributed by atoms with van der Waals surface area (Å²) in [5.41, 5.74) is 0.548. The van der Waals surface area contributed by atoms with Crippen molar-refractivity contribution in [1.82, 2.24) is 9.62 Å². The molecule has 22 heavy (non-hydrogen) atoms. The first kappa shape index (κ1) is 19.4. The number of likely N-dealkylation sites (N-methyl/N-ethyl adjacent to an activating group) is 1. The number of hydrogen-bond acceptors (Lipinski definition) is 4. The monoisotopic (exact) mass is 411 g/mol. The Morgan fingerprint density at radius 2 is 2.14 bits per heavy atom. The van der Waals surface area contributed by atoms with Gasteiger partial charge in [0, 0.05) is 31.0 Å². The van der Waals surface area contributed by atoms with Crippen molar-refractivity contribution in [3.05, 3.63) is 22.7 Å². The van der Waals surface area contributed by atoms with Crippen LogP contribution in [0.1, 0.15) is 13.3 Å². The fourth-order valence-corrected chi connectivity index (χ4v) is 4.30. The Balaban J connectivity index is 0.00000242. The van der Waals surface area contributed by atoms with Crippen LogP contribution in [0.2, 0.25) is 0 Å². The first-order valence-electron chi connectivity index (χ1n) is 6.58. The van der Waals surface area contributed by atoms with Gasteiger partial charge in [0.2, 0.25) is 15.9 Å². The van der Waals surface area contributed by atoms with E-state index in [1.165, 1.54) is 23.4 Å². The van der Waals surface area contributed by atoms with Crippen LogP contribution in [0.15, 0.2) is 27.6 Å². The molecule has 6 nitrogen and oxygen atoms in total. The van der Waals surface area contributed by atoms with E-state index in [1.807, 2.05) is 0 Å². The summed E-state index contributed by atoms with van der Waals surface area (Å²) >= 11 is 3.29. The van der Waals surface area contributed by atoms with E-state index < -0.39 is 10.0 Å². The standard InChI is InChI=1S/C13H18BrN3O3S.ClH/c1-9(18)16-13-4-3-11(7-12(13)14)21(19,20)17(2)10-5-6-15-8-10;/h3-4,7,10,15H,5-6,8H2,1-2H3,(H,16,18);1H. The lowest BCUT2D eigenvalue weighted by Gasteiger charge is -2.23. The van der Waals surface area contributed by atoms with Gasteiger partial charge in [0.05, 0.1) is 10.6 Å². The fourth-order valence-electron chi connectivity index (χ4n) is 2.26. The van der Waals surface area contributed by atoms with E-state index in [1.54, 1.807) is 13.1 Å². The number of benzene rings is 1. The summed E-state index contributed by atoms with van der Waals surface area (Å²) in [6, 6.07) is 4.58. The minimum Gasteiger partial charge on any atom is -0.325 e. The van der Waals surface area contributed by atoms with Gasteiger partial charge in [0.25, 0.3) is 0 Å². The molecule has 0 saturated carbocycles. The molecule has 1 aliphatic heterocycles. The van der Waals surface area contributed by atoms with Crippen molar-refractivity contribution in [2.24, 2.45) is 0 Å². The second kappa shape index (κ2) is 7.74. The lowest BCUT2D eigenvalue weighted by atomic mass is 10.3. The molecule has 0 aromatic heterocycles. The van der Waals surface area contributed by atoms with E-state index in [9.17, 15) is 13.2 Å². The van der Waals surface area contributed by atoms with E-state index >= 15 is 0 Å². The summed E-state index contributed by atoms with van der Waals surface area (Å²) in [5, 5.41) is 5.79. The van der Waals surface area contributed by atoms with Crippen LogP contribution in [-0.4, -0.2) is 44.8 Å². The summed E-state index contributed by atoms with van der Waals surface area (Å²) in [6.07, 6.45) is 0.806. The Bertz CT molecular complexity index is 648. The smallest absolute Gasteiger partial charge is 0.243 e. The predicted octanol–water partition coefficient (Wildman–Crippen LogP) is 1.81. The maximum absolute atomic E-state index is 12.6. The molecule has 1 unspecified atom stereocenters. The zero-order valence-corrected chi connectivity index (χ0v) is 15.5. The zero-order valence-electron chi connectivity index (χ0n) is 12.3. The number of nitrogens with one attached hydrogen (secondary N) is 2. The van der Waals surface area contributed by atoms with Gasteiger partial charge in [0.1, 0.15) is 0 Å². The predicted molar refractivity (Wildman–Crippen MR) is 91.9 cm³/mol. The first-order chi connectivity index (χ1) is 9.82. The molecule has 2 rings (SSSR count). The molecule has 2 N–H and O–H groups in total. The van der Waals surface area contributed by atoms with Gasteiger partial charge in [-0.25, -0.2) is 8.42 Å². The average Bonchev–Trinajstić information content (AvgIpc) is 2.93. The average molecular weight is 413 g/mol. The number of amides is 1. The number of carbonyl (C=O) groups is 1. The number of sulfonamides is 1. The van der Waals surface area contributed by atoms with Gasteiger partial charge in [-0.2, -0.15) is 4.31 Å². The molecule has 0 bridgehead atoms. The van der Waals surface area contributed by atoms with Crippen LogP contribution in [0, 0.1) is 0 Å². The fraction of sp³-hybridized carbons (Fsp3) is 0.462. The topological polar surface area (TPSA) is 78.5 Å². The van der Waals surface area contributed by atoms with E-state index in [0.717, 1.165) is 13.0 Å². The van der Waals surface area contributed by atoms with Gasteiger partial charge < -0.3 is 10.6 Å². The van der Waals surface area contributed by atoms with Gasteiger partial charge in [-0.3, -0.25) is 4.79 Å². The van der Waals surface area contributed by atoms with Gasteiger partial charge in [-0.1, -0.05) is 0 Å². The number of nitrogens with zero attached hydrogens (tertiary/aromatic N) is 1. The molecule has 1 atom stereocenters. The van der Waals surface area contributed by atoms with Gasteiger partial charge in [-0.05, 0) is 47.1 Å².